The second-order valence-corrected chi connectivity index (χ2v) is 3.51. The fraction of sp³-hybridized carbons (Fsp3) is 0.111. The van der Waals surface area contributed by atoms with Gasteiger partial charge in [0.05, 0.1) is 0 Å². The zero-order chi connectivity index (χ0) is 10.9. The van der Waals surface area contributed by atoms with Gasteiger partial charge in [-0.3, -0.25) is 0 Å². The molecule has 2 heterocycles. The lowest BCUT2D eigenvalue weighted by molar-refractivity contribution is -0.138. The molecule has 2 rings (SSSR count). The Morgan fingerprint density at radius 2 is 2.13 bits per heavy atom. The quantitative estimate of drug-likeness (QED) is 0.751. The molecule has 0 aliphatic rings. The van der Waals surface area contributed by atoms with Crippen molar-refractivity contribution < 1.29 is 13.2 Å². The highest BCUT2D eigenvalue weighted by Crippen LogP contribution is 2.28. The number of nitrogens with zero attached hydrogens (tertiary/aromatic N) is 2. The molecular formula is C9H4F3N2S. The van der Waals surface area contributed by atoms with Crippen molar-refractivity contribution in [3.8, 4) is 11.4 Å². The van der Waals surface area contributed by atoms with E-state index in [9.17, 15) is 13.2 Å². The molecule has 0 amide bonds. The number of halogens is 3. The first-order valence-corrected chi connectivity index (χ1v) is 4.86. The summed E-state index contributed by atoms with van der Waals surface area (Å²) in [5.41, 5.74) is -0.258. The van der Waals surface area contributed by atoms with Crippen molar-refractivity contribution in [1.29, 1.82) is 0 Å². The lowest BCUT2D eigenvalue weighted by Gasteiger charge is -2.04. The first-order valence-electron chi connectivity index (χ1n) is 3.92. The highest BCUT2D eigenvalue weighted by atomic mass is 32.1. The molecule has 2 aromatic rings. The van der Waals surface area contributed by atoms with Crippen molar-refractivity contribution in [2.45, 2.75) is 6.18 Å². The van der Waals surface area contributed by atoms with Gasteiger partial charge in [-0.2, -0.15) is 24.5 Å². The summed E-state index contributed by atoms with van der Waals surface area (Å²) in [5, 5.41) is 3.56. The lowest BCUT2D eigenvalue weighted by atomic mass is 10.3. The van der Waals surface area contributed by atoms with Crippen LogP contribution in [0, 0.1) is 6.20 Å². The van der Waals surface area contributed by atoms with Gasteiger partial charge in [0.1, 0.15) is 11.8 Å². The molecule has 0 aliphatic heterocycles. The summed E-state index contributed by atoms with van der Waals surface area (Å²) in [6.07, 6.45) is -1.77. The Balaban J connectivity index is 2.33. The van der Waals surface area contributed by atoms with Crippen LogP contribution in [0.1, 0.15) is 5.56 Å². The zero-order valence-corrected chi connectivity index (χ0v) is 8.06. The van der Waals surface area contributed by atoms with Gasteiger partial charge < -0.3 is 0 Å². The molecule has 0 saturated heterocycles. The van der Waals surface area contributed by atoms with E-state index in [1.54, 1.807) is 16.8 Å². The molecule has 2 aromatic heterocycles. The topological polar surface area (TPSA) is 25.8 Å². The first-order chi connectivity index (χ1) is 7.07. The van der Waals surface area contributed by atoms with Crippen molar-refractivity contribution in [1.82, 2.24) is 9.97 Å². The number of rotatable bonds is 1. The number of hydrogen-bond acceptors (Lipinski definition) is 3. The van der Waals surface area contributed by atoms with E-state index in [1.807, 2.05) is 6.20 Å². The van der Waals surface area contributed by atoms with Crippen LogP contribution < -0.4 is 0 Å². The van der Waals surface area contributed by atoms with Crippen molar-refractivity contribution >= 4 is 11.3 Å². The van der Waals surface area contributed by atoms with Gasteiger partial charge in [0.15, 0.2) is 5.82 Å². The fourth-order valence-corrected chi connectivity index (χ4v) is 1.60. The molecule has 0 fully saturated rings. The van der Waals surface area contributed by atoms with Crippen molar-refractivity contribution in [3.63, 3.8) is 0 Å². The van der Waals surface area contributed by atoms with Gasteiger partial charge in [0.25, 0.3) is 0 Å². The first kappa shape index (κ1) is 10.1. The van der Waals surface area contributed by atoms with Crippen LogP contribution in [0.15, 0.2) is 23.0 Å². The second-order valence-electron chi connectivity index (χ2n) is 2.73. The average Bonchev–Trinajstić information content (AvgIpc) is 2.69. The average molecular weight is 229 g/mol. The Hall–Kier alpha value is -1.43. The Labute approximate surface area is 87.4 Å². The third-order valence-electron chi connectivity index (χ3n) is 1.68. The summed E-state index contributed by atoms with van der Waals surface area (Å²) < 4.78 is 36.5. The SMILES string of the molecule is FC(F)(F)c1[c]nc(-c2ccsc2)nc1. The molecule has 15 heavy (non-hydrogen) atoms. The van der Waals surface area contributed by atoms with Crippen LogP contribution in [0.4, 0.5) is 13.2 Å². The minimum Gasteiger partial charge on any atom is -0.236 e. The Kier molecular flexibility index (Phi) is 2.44. The summed E-state index contributed by atoms with van der Waals surface area (Å²) >= 11 is 1.43. The van der Waals surface area contributed by atoms with Gasteiger partial charge in [-0.1, -0.05) is 0 Å². The van der Waals surface area contributed by atoms with Crippen LogP contribution in [-0.2, 0) is 6.18 Å². The molecule has 0 spiro atoms. The fourth-order valence-electron chi connectivity index (χ4n) is 0.964. The van der Waals surface area contributed by atoms with Crippen LogP contribution in [0.3, 0.4) is 0 Å². The van der Waals surface area contributed by atoms with Crippen molar-refractivity contribution in [2.24, 2.45) is 0 Å². The van der Waals surface area contributed by atoms with Gasteiger partial charge in [0.2, 0.25) is 0 Å². The summed E-state index contributed by atoms with van der Waals surface area (Å²) in [5.74, 6) is 0.254. The van der Waals surface area contributed by atoms with E-state index >= 15 is 0 Å². The molecule has 0 saturated carbocycles. The van der Waals surface area contributed by atoms with E-state index in [1.165, 1.54) is 11.3 Å². The standard InChI is InChI=1S/C9H4F3N2S/c10-9(11,12)7-3-13-8(14-4-7)6-1-2-15-5-6/h1-3,5H. The minimum atomic E-state index is -4.44. The maximum atomic E-state index is 12.2. The molecule has 1 radical (unpaired) electrons. The van der Waals surface area contributed by atoms with Gasteiger partial charge in [-0.05, 0) is 11.4 Å². The summed E-state index contributed by atoms with van der Waals surface area (Å²) in [7, 11) is 0. The number of thiophene rings is 1. The molecule has 6 heteroatoms. The predicted octanol–water partition coefficient (Wildman–Crippen LogP) is 3.02. The molecule has 0 aliphatic carbocycles. The smallest absolute Gasteiger partial charge is 0.236 e. The largest absolute Gasteiger partial charge is 0.420 e. The van der Waals surface area contributed by atoms with Crippen LogP contribution in [-0.4, -0.2) is 9.97 Å². The highest BCUT2D eigenvalue weighted by molar-refractivity contribution is 7.08. The molecule has 0 atom stereocenters. The van der Waals surface area contributed by atoms with E-state index in [0.29, 0.717) is 5.56 Å². The number of alkyl halides is 3. The molecule has 0 N–H and O–H groups in total. The van der Waals surface area contributed by atoms with Crippen molar-refractivity contribution in [2.75, 3.05) is 0 Å². The van der Waals surface area contributed by atoms with E-state index in [4.69, 9.17) is 0 Å². The Morgan fingerprint density at radius 1 is 1.33 bits per heavy atom. The van der Waals surface area contributed by atoms with E-state index in [2.05, 4.69) is 9.97 Å². The van der Waals surface area contributed by atoms with Gasteiger partial charge in [0, 0.05) is 17.1 Å². The zero-order valence-electron chi connectivity index (χ0n) is 7.25. The second kappa shape index (κ2) is 3.62. The summed E-state index contributed by atoms with van der Waals surface area (Å²) in [6, 6.07) is 1.74. The molecule has 77 valence electrons. The summed E-state index contributed by atoms with van der Waals surface area (Å²) in [6.45, 7) is 0. The summed E-state index contributed by atoms with van der Waals surface area (Å²) in [4.78, 5) is 7.17. The molecule has 0 unspecified atom stereocenters. The maximum absolute atomic E-state index is 12.2. The minimum absolute atomic E-state index is 0.254. The molecule has 0 bridgehead atoms. The Morgan fingerprint density at radius 3 is 2.60 bits per heavy atom. The predicted molar refractivity (Wildman–Crippen MR) is 49.2 cm³/mol. The van der Waals surface area contributed by atoms with Crippen LogP contribution in [0.2, 0.25) is 0 Å². The van der Waals surface area contributed by atoms with E-state index < -0.39 is 11.7 Å². The van der Waals surface area contributed by atoms with Crippen LogP contribution in [0.5, 0.6) is 0 Å². The number of aromatic nitrogens is 2. The molecular weight excluding hydrogens is 225 g/mol. The number of hydrogen-bond donors (Lipinski definition) is 0. The van der Waals surface area contributed by atoms with Crippen LogP contribution >= 0.6 is 11.3 Å². The van der Waals surface area contributed by atoms with Gasteiger partial charge in [-0.25, -0.2) is 9.97 Å². The monoisotopic (exact) mass is 229 g/mol. The van der Waals surface area contributed by atoms with Crippen molar-refractivity contribution in [3.05, 3.63) is 34.8 Å². The van der Waals surface area contributed by atoms with Gasteiger partial charge in [-0.15, -0.1) is 0 Å². The normalized spacial score (nSPS) is 11.7. The lowest BCUT2D eigenvalue weighted by Crippen LogP contribution is -2.06. The third kappa shape index (κ3) is 2.15. The van der Waals surface area contributed by atoms with E-state index in [-0.39, 0.29) is 5.82 Å². The molecule has 0 aromatic carbocycles. The third-order valence-corrected chi connectivity index (χ3v) is 2.37. The maximum Gasteiger partial charge on any atom is 0.420 e. The van der Waals surface area contributed by atoms with Gasteiger partial charge >= 0.3 is 6.18 Å². The van der Waals surface area contributed by atoms with E-state index in [0.717, 1.165) is 6.20 Å². The highest BCUT2D eigenvalue weighted by Gasteiger charge is 2.31. The van der Waals surface area contributed by atoms with Crippen LogP contribution in [0.25, 0.3) is 11.4 Å². The Bertz CT molecular complexity index is 433. The molecule has 2 nitrogen and oxygen atoms in total.